The lowest BCUT2D eigenvalue weighted by Crippen LogP contribution is -2.27. The Morgan fingerprint density at radius 1 is 1.00 bits per heavy atom. The fourth-order valence-corrected chi connectivity index (χ4v) is 4.06. The summed E-state index contributed by atoms with van der Waals surface area (Å²) < 4.78 is 5.68. The second-order valence-electron chi connectivity index (χ2n) is 6.74. The minimum absolute atomic E-state index is 0.205. The standard InChI is InChI=1S/C24H17ClN2O4S/c25-17-8-6-11-19(14-17)27-23(29)21(32-24(27)30)13-16-7-4-5-12-20(16)31-15-22(28)26-18-9-2-1-3-10-18/h1-14H,15H2,(H,26,28)/b21-13+. The maximum atomic E-state index is 12.9. The van der Waals surface area contributed by atoms with Gasteiger partial charge in [-0.1, -0.05) is 54.1 Å². The fraction of sp³-hybridized carbons (Fsp3) is 0.0417. The molecule has 3 aromatic rings. The molecule has 0 saturated carbocycles. The summed E-state index contributed by atoms with van der Waals surface area (Å²) in [7, 11) is 0. The molecule has 8 heteroatoms. The molecule has 1 aliphatic heterocycles. The third-order valence-corrected chi connectivity index (χ3v) is 5.59. The Labute approximate surface area is 193 Å². The van der Waals surface area contributed by atoms with Crippen molar-refractivity contribution in [2.75, 3.05) is 16.8 Å². The van der Waals surface area contributed by atoms with E-state index in [1.54, 1.807) is 66.7 Å². The van der Waals surface area contributed by atoms with Crippen molar-refractivity contribution in [1.82, 2.24) is 0 Å². The summed E-state index contributed by atoms with van der Waals surface area (Å²) in [4.78, 5) is 38.9. The number of carbonyl (C=O) groups is 3. The molecular weight excluding hydrogens is 448 g/mol. The zero-order valence-corrected chi connectivity index (χ0v) is 18.2. The summed E-state index contributed by atoms with van der Waals surface area (Å²) in [6, 6.07) is 22.6. The predicted molar refractivity (Wildman–Crippen MR) is 127 cm³/mol. The van der Waals surface area contributed by atoms with Gasteiger partial charge in [-0.3, -0.25) is 14.4 Å². The number of para-hydroxylation sites is 2. The van der Waals surface area contributed by atoms with Crippen LogP contribution >= 0.6 is 23.4 Å². The summed E-state index contributed by atoms with van der Waals surface area (Å²) in [5, 5.41) is 2.76. The summed E-state index contributed by atoms with van der Waals surface area (Å²) >= 11 is 6.83. The number of amides is 3. The highest BCUT2D eigenvalue weighted by atomic mass is 35.5. The molecule has 1 fully saturated rings. The van der Waals surface area contributed by atoms with E-state index >= 15 is 0 Å². The number of hydrogen-bond donors (Lipinski definition) is 1. The number of rotatable bonds is 6. The fourth-order valence-electron chi connectivity index (χ4n) is 3.04. The first-order chi connectivity index (χ1) is 15.5. The second-order valence-corrected chi connectivity index (χ2v) is 8.17. The van der Waals surface area contributed by atoms with Crippen LogP contribution in [0.3, 0.4) is 0 Å². The van der Waals surface area contributed by atoms with Gasteiger partial charge in [-0.2, -0.15) is 0 Å². The summed E-state index contributed by atoms with van der Waals surface area (Å²) in [5.41, 5.74) is 1.66. The van der Waals surface area contributed by atoms with Crippen LogP contribution in [-0.2, 0) is 9.59 Å². The van der Waals surface area contributed by atoms with Crippen LogP contribution < -0.4 is 15.0 Å². The van der Waals surface area contributed by atoms with E-state index in [4.69, 9.17) is 16.3 Å². The number of imide groups is 1. The van der Waals surface area contributed by atoms with Gasteiger partial charge >= 0.3 is 0 Å². The van der Waals surface area contributed by atoms with Crippen molar-refractivity contribution in [2.45, 2.75) is 0 Å². The van der Waals surface area contributed by atoms with Gasteiger partial charge in [0.25, 0.3) is 17.1 Å². The van der Waals surface area contributed by atoms with E-state index in [9.17, 15) is 14.4 Å². The van der Waals surface area contributed by atoms with Crippen LogP contribution in [0.15, 0.2) is 83.8 Å². The molecule has 32 heavy (non-hydrogen) atoms. The van der Waals surface area contributed by atoms with Crippen LogP contribution in [-0.4, -0.2) is 23.7 Å². The van der Waals surface area contributed by atoms with Gasteiger partial charge in [0.05, 0.1) is 10.6 Å². The van der Waals surface area contributed by atoms with Crippen molar-refractivity contribution in [3.05, 3.63) is 94.4 Å². The Hall–Kier alpha value is -3.55. The van der Waals surface area contributed by atoms with Crippen molar-refractivity contribution < 1.29 is 19.1 Å². The second kappa shape index (κ2) is 9.72. The Morgan fingerprint density at radius 2 is 1.75 bits per heavy atom. The first-order valence-electron chi connectivity index (χ1n) is 9.61. The zero-order chi connectivity index (χ0) is 22.5. The van der Waals surface area contributed by atoms with Crippen molar-refractivity contribution in [2.24, 2.45) is 0 Å². The smallest absolute Gasteiger partial charge is 0.298 e. The van der Waals surface area contributed by atoms with Crippen molar-refractivity contribution in [1.29, 1.82) is 0 Å². The lowest BCUT2D eigenvalue weighted by molar-refractivity contribution is -0.118. The Morgan fingerprint density at radius 3 is 2.53 bits per heavy atom. The number of anilines is 2. The van der Waals surface area contributed by atoms with E-state index in [1.807, 2.05) is 18.2 Å². The summed E-state index contributed by atoms with van der Waals surface area (Å²) in [6.07, 6.45) is 1.58. The number of hydrogen-bond acceptors (Lipinski definition) is 5. The largest absolute Gasteiger partial charge is 0.483 e. The van der Waals surface area contributed by atoms with E-state index < -0.39 is 11.1 Å². The molecule has 4 rings (SSSR count). The highest BCUT2D eigenvalue weighted by molar-refractivity contribution is 8.19. The Bertz CT molecular complexity index is 1210. The van der Waals surface area contributed by atoms with Gasteiger partial charge in [0.15, 0.2) is 6.61 Å². The van der Waals surface area contributed by atoms with E-state index in [0.717, 1.165) is 16.7 Å². The molecule has 1 saturated heterocycles. The number of ether oxygens (including phenoxy) is 1. The van der Waals surface area contributed by atoms with Crippen molar-refractivity contribution >= 4 is 57.9 Å². The Balaban J connectivity index is 1.49. The van der Waals surface area contributed by atoms with E-state index in [2.05, 4.69) is 5.32 Å². The van der Waals surface area contributed by atoms with E-state index in [0.29, 0.717) is 27.7 Å². The molecular formula is C24H17ClN2O4S. The van der Waals surface area contributed by atoms with Gasteiger partial charge < -0.3 is 10.1 Å². The number of halogens is 1. The average molecular weight is 465 g/mol. The highest BCUT2D eigenvalue weighted by Gasteiger charge is 2.36. The molecule has 0 unspecified atom stereocenters. The quantitative estimate of drug-likeness (QED) is 0.480. The van der Waals surface area contributed by atoms with Gasteiger partial charge in [-0.15, -0.1) is 0 Å². The molecule has 1 heterocycles. The van der Waals surface area contributed by atoms with Crippen molar-refractivity contribution in [3.8, 4) is 5.75 Å². The van der Waals surface area contributed by atoms with Crippen molar-refractivity contribution in [3.63, 3.8) is 0 Å². The highest BCUT2D eigenvalue weighted by Crippen LogP contribution is 2.37. The topological polar surface area (TPSA) is 75.7 Å². The summed E-state index contributed by atoms with van der Waals surface area (Å²) in [6.45, 7) is -0.205. The van der Waals surface area contributed by atoms with E-state index in [1.165, 1.54) is 0 Å². The van der Waals surface area contributed by atoms with Gasteiger partial charge in [0, 0.05) is 16.3 Å². The maximum absolute atomic E-state index is 12.9. The lowest BCUT2D eigenvalue weighted by Gasteiger charge is -2.12. The first kappa shape index (κ1) is 21.7. The first-order valence-corrected chi connectivity index (χ1v) is 10.8. The van der Waals surface area contributed by atoms with Gasteiger partial charge in [0.1, 0.15) is 5.75 Å². The van der Waals surface area contributed by atoms with Crippen LogP contribution in [0.25, 0.3) is 6.08 Å². The normalized spacial score (nSPS) is 14.7. The van der Waals surface area contributed by atoms with E-state index in [-0.39, 0.29) is 17.4 Å². The molecule has 0 radical (unpaired) electrons. The van der Waals surface area contributed by atoms with Crippen LogP contribution in [0.5, 0.6) is 5.75 Å². The number of benzene rings is 3. The predicted octanol–water partition coefficient (Wildman–Crippen LogP) is 5.60. The van der Waals surface area contributed by atoms with Crippen LogP contribution in [0.4, 0.5) is 16.2 Å². The monoisotopic (exact) mass is 464 g/mol. The molecule has 1 N–H and O–H groups in total. The molecule has 0 atom stereocenters. The van der Waals surface area contributed by atoms with Crippen LogP contribution in [0.1, 0.15) is 5.56 Å². The van der Waals surface area contributed by atoms with Crippen LogP contribution in [0.2, 0.25) is 5.02 Å². The number of nitrogens with zero attached hydrogens (tertiary/aromatic N) is 1. The van der Waals surface area contributed by atoms with Gasteiger partial charge in [-0.05, 0) is 54.2 Å². The minimum Gasteiger partial charge on any atom is -0.483 e. The third kappa shape index (κ3) is 5.01. The number of nitrogens with one attached hydrogen (secondary N) is 1. The molecule has 160 valence electrons. The van der Waals surface area contributed by atoms with Gasteiger partial charge in [0.2, 0.25) is 0 Å². The zero-order valence-electron chi connectivity index (χ0n) is 16.7. The molecule has 0 aliphatic carbocycles. The molecule has 3 aromatic carbocycles. The molecule has 0 bridgehead atoms. The third-order valence-electron chi connectivity index (χ3n) is 4.48. The maximum Gasteiger partial charge on any atom is 0.298 e. The lowest BCUT2D eigenvalue weighted by atomic mass is 10.2. The van der Waals surface area contributed by atoms with Gasteiger partial charge in [-0.25, -0.2) is 4.90 Å². The summed E-state index contributed by atoms with van der Waals surface area (Å²) in [5.74, 6) is -0.337. The average Bonchev–Trinajstić information content (AvgIpc) is 3.06. The molecule has 1 aliphatic rings. The molecule has 0 spiro atoms. The molecule has 3 amide bonds. The molecule has 0 aromatic heterocycles. The number of thioether (sulfide) groups is 1. The SMILES string of the molecule is O=C(COc1ccccc1/C=C1/SC(=O)N(c2cccc(Cl)c2)C1=O)Nc1ccccc1. The molecule has 6 nitrogen and oxygen atoms in total. The number of carbonyl (C=O) groups excluding carboxylic acids is 3. The Kier molecular flexibility index (Phi) is 6.58. The minimum atomic E-state index is -0.445. The van der Waals surface area contributed by atoms with Crippen LogP contribution in [0, 0.1) is 0 Å².